The Bertz CT molecular complexity index is 492. The predicted molar refractivity (Wildman–Crippen MR) is 74.1 cm³/mol. The summed E-state index contributed by atoms with van der Waals surface area (Å²) in [5, 5.41) is 3.31. The van der Waals surface area contributed by atoms with Crippen LogP contribution in [0.1, 0.15) is 22.9 Å². The van der Waals surface area contributed by atoms with Crippen molar-refractivity contribution in [1.82, 2.24) is 5.32 Å². The van der Waals surface area contributed by atoms with Crippen LogP contribution in [-0.2, 0) is 0 Å². The summed E-state index contributed by atoms with van der Waals surface area (Å²) in [4.78, 5) is 0. The van der Waals surface area contributed by atoms with Crippen molar-refractivity contribution >= 4 is 43.2 Å². The van der Waals surface area contributed by atoms with Gasteiger partial charge in [-0.1, -0.05) is 0 Å². The molecule has 0 aliphatic heterocycles. The first-order chi connectivity index (χ1) is 7.63. The zero-order valence-electron chi connectivity index (χ0n) is 8.88. The highest BCUT2D eigenvalue weighted by Crippen LogP contribution is 2.38. The molecule has 1 atom stereocenters. The zero-order chi connectivity index (χ0) is 11.7. The SMILES string of the molecule is CNC(c1ccoc1C)c1cc(Br)sc1Br. The zero-order valence-corrected chi connectivity index (χ0v) is 12.9. The van der Waals surface area contributed by atoms with Crippen molar-refractivity contribution in [2.45, 2.75) is 13.0 Å². The Hall–Kier alpha value is -0.100. The van der Waals surface area contributed by atoms with Crippen LogP contribution < -0.4 is 5.32 Å². The second kappa shape index (κ2) is 5.04. The molecule has 0 aliphatic rings. The minimum Gasteiger partial charge on any atom is -0.469 e. The average molecular weight is 365 g/mol. The Balaban J connectivity index is 2.44. The number of nitrogens with one attached hydrogen (secondary N) is 1. The highest BCUT2D eigenvalue weighted by Gasteiger charge is 2.20. The van der Waals surface area contributed by atoms with Gasteiger partial charge in [-0.3, -0.25) is 0 Å². The molecule has 2 heterocycles. The van der Waals surface area contributed by atoms with Crippen LogP contribution in [-0.4, -0.2) is 7.05 Å². The lowest BCUT2D eigenvalue weighted by molar-refractivity contribution is 0.523. The van der Waals surface area contributed by atoms with Gasteiger partial charge in [-0.15, -0.1) is 11.3 Å². The summed E-state index contributed by atoms with van der Waals surface area (Å²) in [5.74, 6) is 0.952. The Kier molecular flexibility index (Phi) is 3.89. The number of thiophene rings is 1. The van der Waals surface area contributed by atoms with Gasteiger partial charge in [-0.2, -0.15) is 0 Å². The van der Waals surface area contributed by atoms with Crippen molar-refractivity contribution in [2.24, 2.45) is 0 Å². The molecule has 5 heteroatoms. The lowest BCUT2D eigenvalue weighted by atomic mass is 10.0. The van der Waals surface area contributed by atoms with Crippen LogP contribution in [0.25, 0.3) is 0 Å². The molecular formula is C11H11Br2NOS. The van der Waals surface area contributed by atoms with Crippen LogP contribution in [0.5, 0.6) is 0 Å². The van der Waals surface area contributed by atoms with Gasteiger partial charge in [0.2, 0.25) is 0 Å². The van der Waals surface area contributed by atoms with Crippen LogP contribution in [0.3, 0.4) is 0 Å². The topological polar surface area (TPSA) is 25.2 Å². The van der Waals surface area contributed by atoms with Crippen molar-refractivity contribution < 1.29 is 4.42 Å². The van der Waals surface area contributed by atoms with E-state index in [0.717, 1.165) is 13.3 Å². The maximum atomic E-state index is 5.35. The summed E-state index contributed by atoms with van der Waals surface area (Å²) in [7, 11) is 1.95. The van der Waals surface area contributed by atoms with Crippen molar-refractivity contribution in [3.8, 4) is 0 Å². The highest BCUT2D eigenvalue weighted by atomic mass is 79.9. The smallest absolute Gasteiger partial charge is 0.105 e. The maximum absolute atomic E-state index is 5.35. The van der Waals surface area contributed by atoms with Crippen LogP contribution in [0, 0.1) is 6.92 Å². The summed E-state index contributed by atoms with van der Waals surface area (Å²) in [6, 6.07) is 4.30. The van der Waals surface area contributed by atoms with Crippen LogP contribution in [0.4, 0.5) is 0 Å². The molecule has 0 amide bonds. The minimum atomic E-state index is 0.163. The van der Waals surface area contributed by atoms with Crippen molar-refractivity contribution in [3.05, 3.63) is 42.9 Å². The first kappa shape index (κ1) is 12.4. The number of hydrogen-bond acceptors (Lipinski definition) is 3. The number of aryl methyl sites for hydroxylation is 1. The molecule has 0 aromatic carbocycles. The third kappa shape index (κ3) is 2.27. The van der Waals surface area contributed by atoms with E-state index in [4.69, 9.17) is 4.42 Å². The van der Waals surface area contributed by atoms with Gasteiger partial charge in [0.05, 0.1) is 19.9 Å². The van der Waals surface area contributed by atoms with Gasteiger partial charge in [0.25, 0.3) is 0 Å². The van der Waals surface area contributed by atoms with Crippen molar-refractivity contribution in [1.29, 1.82) is 0 Å². The van der Waals surface area contributed by atoms with Crippen molar-refractivity contribution in [2.75, 3.05) is 7.05 Å². The van der Waals surface area contributed by atoms with Crippen molar-refractivity contribution in [3.63, 3.8) is 0 Å². The Labute approximate surface area is 115 Å². The molecule has 2 aromatic heterocycles. The predicted octanol–water partition coefficient (Wildman–Crippen LogP) is 4.48. The number of hydrogen-bond donors (Lipinski definition) is 1. The van der Waals surface area contributed by atoms with Crippen LogP contribution in [0.2, 0.25) is 0 Å². The van der Waals surface area contributed by atoms with Gasteiger partial charge in [-0.25, -0.2) is 0 Å². The molecule has 0 radical (unpaired) electrons. The molecule has 0 fully saturated rings. The van der Waals surface area contributed by atoms with Gasteiger partial charge in [0.1, 0.15) is 5.76 Å². The van der Waals surface area contributed by atoms with Crippen LogP contribution in [0.15, 0.2) is 30.4 Å². The second-order valence-electron chi connectivity index (χ2n) is 3.43. The van der Waals surface area contributed by atoms with E-state index in [9.17, 15) is 0 Å². The third-order valence-corrected chi connectivity index (χ3v) is 4.88. The lowest BCUT2D eigenvalue weighted by Crippen LogP contribution is -2.17. The van der Waals surface area contributed by atoms with E-state index in [0.29, 0.717) is 0 Å². The molecule has 0 saturated heterocycles. The molecule has 0 aliphatic carbocycles. The highest BCUT2D eigenvalue weighted by molar-refractivity contribution is 9.12. The van der Waals surface area contributed by atoms with Gasteiger partial charge in [0, 0.05) is 5.56 Å². The Morgan fingerprint density at radius 1 is 1.38 bits per heavy atom. The lowest BCUT2D eigenvalue weighted by Gasteiger charge is -2.14. The minimum absolute atomic E-state index is 0.163. The largest absolute Gasteiger partial charge is 0.469 e. The fourth-order valence-corrected chi connectivity index (χ4v) is 4.62. The summed E-state index contributed by atoms with van der Waals surface area (Å²) < 4.78 is 7.61. The summed E-state index contributed by atoms with van der Waals surface area (Å²) in [6.07, 6.45) is 1.73. The molecule has 2 nitrogen and oxygen atoms in total. The summed E-state index contributed by atoms with van der Waals surface area (Å²) >= 11 is 8.76. The van der Waals surface area contributed by atoms with E-state index < -0.39 is 0 Å². The molecular weight excluding hydrogens is 354 g/mol. The van der Waals surface area contributed by atoms with E-state index in [1.165, 1.54) is 11.1 Å². The number of furan rings is 1. The third-order valence-electron chi connectivity index (χ3n) is 2.49. The average Bonchev–Trinajstić information content (AvgIpc) is 2.77. The van der Waals surface area contributed by atoms with Gasteiger partial charge >= 0.3 is 0 Å². The fourth-order valence-electron chi connectivity index (χ4n) is 1.72. The molecule has 16 heavy (non-hydrogen) atoms. The summed E-state index contributed by atoms with van der Waals surface area (Å²) in [5.41, 5.74) is 2.40. The molecule has 0 spiro atoms. The monoisotopic (exact) mass is 363 g/mol. The first-order valence-electron chi connectivity index (χ1n) is 4.79. The summed E-state index contributed by atoms with van der Waals surface area (Å²) in [6.45, 7) is 1.98. The standard InChI is InChI=1S/C11H11Br2NOS/c1-6-7(3-4-15-6)10(14-2)8-5-9(12)16-11(8)13/h3-5,10,14H,1-2H3. The number of rotatable bonds is 3. The fraction of sp³-hybridized carbons (Fsp3) is 0.273. The van der Waals surface area contributed by atoms with Crippen LogP contribution >= 0.6 is 43.2 Å². The van der Waals surface area contributed by atoms with E-state index in [1.54, 1.807) is 17.6 Å². The molecule has 1 unspecified atom stereocenters. The van der Waals surface area contributed by atoms with E-state index in [-0.39, 0.29) is 6.04 Å². The first-order valence-corrected chi connectivity index (χ1v) is 7.19. The van der Waals surface area contributed by atoms with E-state index >= 15 is 0 Å². The quantitative estimate of drug-likeness (QED) is 0.868. The molecule has 1 N–H and O–H groups in total. The Morgan fingerprint density at radius 2 is 2.12 bits per heavy atom. The normalized spacial score (nSPS) is 13.0. The molecule has 2 rings (SSSR count). The molecule has 0 saturated carbocycles. The maximum Gasteiger partial charge on any atom is 0.105 e. The molecule has 86 valence electrons. The Morgan fingerprint density at radius 3 is 2.56 bits per heavy atom. The van der Waals surface area contributed by atoms with Gasteiger partial charge in [0.15, 0.2) is 0 Å². The van der Waals surface area contributed by atoms with E-state index in [2.05, 4.69) is 43.2 Å². The number of halogens is 2. The van der Waals surface area contributed by atoms with Gasteiger partial charge in [-0.05, 0) is 63.5 Å². The molecule has 0 bridgehead atoms. The molecule has 2 aromatic rings. The van der Waals surface area contributed by atoms with E-state index in [1.807, 2.05) is 20.0 Å². The van der Waals surface area contributed by atoms with Gasteiger partial charge < -0.3 is 9.73 Å². The second-order valence-corrected chi connectivity index (χ2v) is 7.18.